The number of carbonyl (C=O) groups excluding carboxylic acids is 4. The normalized spacial score (nSPS) is 13.2. The van der Waals surface area contributed by atoms with E-state index in [0.29, 0.717) is 12.2 Å². The molecule has 0 saturated carbocycles. The molecule has 0 aromatic heterocycles. The Labute approximate surface area is 244 Å². The third-order valence-corrected chi connectivity index (χ3v) is 8.20. The van der Waals surface area contributed by atoms with E-state index in [-0.39, 0.29) is 43.9 Å². The Kier molecular flexibility index (Phi) is 21.9. The van der Waals surface area contributed by atoms with Crippen molar-refractivity contribution in [2.24, 2.45) is 21.7 Å². The Hall–Kier alpha value is -1.50. The second-order valence-corrected chi connectivity index (χ2v) is 18.4. The van der Waals surface area contributed by atoms with Gasteiger partial charge in [0.1, 0.15) is 17.3 Å². The quantitative estimate of drug-likeness (QED) is 0.301. The maximum Gasteiger partial charge on any atom is 0.227 e. The predicted molar refractivity (Wildman–Crippen MR) is 174 cm³/mol. The maximum atomic E-state index is 11.1. The molecule has 0 saturated heterocycles. The Morgan fingerprint density at radius 2 is 0.821 bits per heavy atom. The molecule has 0 fully saturated rings. The molecule has 0 aromatic carbocycles. The van der Waals surface area contributed by atoms with Crippen molar-refractivity contribution in [2.45, 2.75) is 136 Å². The molecule has 1 amide bonds. The average molecular weight is 578 g/mol. The first-order valence-electron chi connectivity index (χ1n) is 13.6. The number of amides is 1. The second-order valence-electron chi connectivity index (χ2n) is 15.2. The summed E-state index contributed by atoms with van der Waals surface area (Å²) in [6.45, 7) is 34.0. The first kappa shape index (κ1) is 47.3. The molecule has 0 N–H and O–H groups in total. The topological polar surface area (TPSA) is 88.6 Å². The molecule has 0 aliphatic heterocycles. The van der Waals surface area contributed by atoms with Crippen molar-refractivity contribution < 1.29 is 23.4 Å². The molecular weight excluding hydrogens is 510 g/mol. The van der Waals surface area contributed by atoms with Gasteiger partial charge in [0.25, 0.3) is 0 Å². The molecule has 6 nitrogen and oxygen atoms in total. The van der Waals surface area contributed by atoms with Crippen LogP contribution in [0.5, 0.6) is 0 Å². The first-order valence-corrected chi connectivity index (χ1v) is 15.7. The third kappa shape index (κ3) is 30.9. The van der Waals surface area contributed by atoms with Gasteiger partial charge in [-0.3, -0.25) is 23.4 Å². The summed E-state index contributed by atoms with van der Waals surface area (Å²) in [5.74, 6) is 4.56. The van der Waals surface area contributed by atoms with Gasteiger partial charge >= 0.3 is 0 Å². The molecule has 39 heavy (non-hydrogen) atoms. The van der Waals surface area contributed by atoms with Crippen LogP contribution < -0.4 is 0 Å². The second kappa shape index (κ2) is 18.0. The SMILES string of the molecule is C=S(C)(=O)C(C)(C)C.CC(=O)C(C)(C)C.CC(=O)C(C)(C)C.CCC(=O)C(C)(C)C.CN(C)C(=O)C(C)(C)C. The number of nitrogens with zero attached hydrogens (tertiary/aromatic N) is 1. The number of rotatable bonds is 1. The van der Waals surface area contributed by atoms with Crippen LogP contribution in [0.4, 0.5) is 0 Å². The van der Waals surface area contributed by atoms with Crippen molar-refractivity contribution in [3.8, 4) is 0 Å². The van der Waals surface area contributed by atoms with E-state index in [4.69, 9.17) is 0 Å². The first-order chi connectivity index (χ1) is 16.5. The lowest BCUT2D eigenvalue weighted by atomic mass is 9.90. The van der Waals surface area contributed by atoms with Crippen LogP contribution in [0.3, 0.4) is 0 Å². The van der Waals surface area contributed by atoms with Crippen molar-refractivity contribution in [1.82, 2.24) is 4.90 Å². The zero-order chi connectivity index (χ0) is 33.6. The highest BCUT2D eigenvalue weighted by molar-refractivity contribution is 8.00. The van der Waals surface area contributed by atoms with Crippen LogP contribution in [0.15, 0.2) is 0 Å². The highest BCUT2D eigenvalue weighted by atomic mass is 32.2. The molecule has 1 atom stereocenters. The van der Waals surface area contributed by atoms with Gasteiger partial charge in [0, 0.05) is 53.2 Å². The van der Waals surface area contributed by atoms with Crippen molar-refractivity contribution >= 4 is 38.6 Å². The van der Waals surface area contributed by atoms with Gasteiger partial charge in [0.15, 0.2) is 0 Å². The number of carbonyl (C=O) groups is 4. The number of Topliss-reactive ketones (excluding diaryl/α,β-unsaturated/α-hetero) is 3. The van der Waals surface area contributed by atoms with E-state index < -0.39 is 9.52 Å². The van der Waals surface area contributed by atoms with Gasteiger partial charge in [-0.05, 0) is 50.0 Å². The van der Waals surface area contributed by atoms with E-state index in [1.807, 2.05) is 111 Å². The molecule has 0 aliphatic carbocycles. The van der Waals surface area contributed by atoms with Gasteiger partial charge < -0.3 is 4.90 Å². The maximum absolute atomic E-state index is 11.1. The molecule has 7 heteroatoms. The van der Waals surface area contributed by atoms with E-state index in [2.05, 4.69) is 5.87 Å². The van der Waals surface area contributed by atoms with E-state index >= 15 is 0 Å². The van der Waals surface area contributed by atoms with Gasteiger partial charge in [-0.15, -0.1) is 0 Å². The van der Waals surface area contributed by atoms with Crippen LogP contribution in [0.1, 0.15) is 131 Å². The van der Waals surface area contributed by atoms with Gasteiger partial charge in [0.2, 0.25) is 5.91 Å². The Morgan fingerprint density at radius 1 is 0.615 bits per heavy atom. The number of ketones is 3. The smallest absolute Gasteiger partial charge is 0.227 e. The van der Waals surface area contributed by atoms with E-state index in [0.717, 1.165) is 0 Å². The minimum absolute atomic E-state index is 0.130. The lowest BCUT2D eigenvalue weighted by Gasteiger charge is -2.21. The molecule has 0 heterocycles. The Morgan fingerprint density at radius 3 is 0.821 bits per heavy atom. The fourth-order valence-corrected chi connectivity index (χ4v) is 1.20. The van der Waals surface area contributed by atoms with E-state index in [1.54, 1.807) is 39.1 Å². The fourth-order valence-electron chi connectivity index (χ4n) is 1.20. The molecule has 0 aromatic rings. The van der Waals surface area contributed by atoms with Crippen molar-refractivity contribution in [3.05, 3.63) is 0 Å². The molecule has 0 rings (SSSR count). The molecule has 0 spiro atoms. The lowest BCUT2D eigenvalue weighted by Crippen LogP contribution is -2.33. The van der Waals surface area contributed by atoms with Crippen molar-refractivity contribution in [1.29, 1.82) is 0 Å². The predicted octanol–water partition coefficient (Wildman–Crippen LogP) is 7.51. The molecule has 236 valence electrons. The highest BCUT2D eigenvalue weighted by Gasteiger charge is 2.22. The van der Waals surface area contributed by atoms with Crippen molar-refractivity contribution in [2.75, 3.05) is 20.4 Å². The summed E-state index contributed by atoms with van der Waals surface area (Å²) in [5.41, 5.74) is -0.641. The van der Waals surface area contributed by atoms with Crippen LogP contribution in [0.25, 0.3) is 0 Å². The summed E-state index contributed by atoms with van der Waals surface area (Å²) < 4.78 is 11.0. The Balaban J connectivity index is -0.000000124. The van der Waals surface area contributed by atoms with Gasteiger partial charge in [-0.1, -0.05) is 90.0 Å². The Bertz CT molecular complexity index is 823. The molecule has 1 unspecified atom stereocenters. The van der Waals surface area contributed by atoms with Gasteiger partial charge in [-0.25, -0.2) is 0 Å². The zero-order valence-electron chi connectivity index (χ0n) is 29.8. The van der Waals surface area contributed by atoms with Crippen molar-refractivity contribution in [3.63, 3.8) is 0 Å². The number of hydrogen-bond donors (Lipinski definition) is 0. The summed E-state index contributed by atoms with van der Waals surface area (Å²) in [6, 6.07) is 0. The summed E-state index contributed by atoms with van der Waals surface area (Å²) in [6.07, 6.45) is 2.34. The van der Waals surface area contributed by atoms with Crippen LogP contribution in [0, 0.1) is 21.7 Å². The lowest BCUT2D eigenvalue weighted by molar-refractivity contribution is -0.136. The average Bonchev–Trinajstić information content (AvgIpc) is 2.64. The van der Waals surface area contributed by atoms with Gasteiger partial charge in [-0.2, -0.15) is 0 Å². The standard InChI is InChI=1S/C7H15NO.C7H14O.C6H14OS.2C6H12O/c1-7(2,3)6(9)8(4)5;1-5-6(8)7(2,3)4;1-6(2,3)8(4,5)7;2*1-5(7)6(2,3)4/h1-5H3;5H2,1-4H3;4H2,1-3,5H3;2*1-4H3. The summed E-state index contributed by atoms with van der Waals surface area (Å²) >= 11 is 0. The molecular formula is C32H67NO5S. The summed E-state index contributed by atoms with van der Waals surface area (Å²) in [4.78, 5) is 44.5. The molecule has 0 aliphatic rings. The minimum Gasteiger partial charge on any atom is -0.348 e. The van der Waals surface area contributed by atoms with Crippen LogP contribution in [0.2, 0.25) is 0 Å². The zero-order valence-corrected chi connectivity index (χ0v) is 30.6. The van der Waals surface area contributed by atoms with E-state index in [1.165, 1.54) is 0 Å². The molecule has 0 bridgehead atoms. The summed E-state index contributed by atoms with van der Waals surface area (Å²) in [7, 11) is 1.70. The fraction of sp³-hybridized carbons (Fsp3) is 0.844. The minimum atomic E-state index is -1.84. The monoisotopic (exact) mass is 577 g/mol. The summed E-state index contributed by atoms with van der Waals surface area (Å²) in [5, 5.41) is 0. The van der Waals surface area contributed by atoms with Crippen LogP contribution in [-0.4, -0.2) is 63.3 Å². The third-order valence-electron chi connectivity index (χ3n) is 5.61. The highest BCUT2D eigenvalue weighted by Crippen LogP contribution is 2.16. The molecule has 0 radical (unpaired) electrons. The van der Waals surface area contributed by atoms with Gasteiger partial charge in [0.05, 0.1) is 0 Å². The van der Waals surface area contributed by atoms with E-state index in [9.17, 15) is 23.4 Å². The number of hydrogen-bond acceptors (Lipinski definition) is 5. The largest absolute Gasteiger partial charge is 0.348 e. The van der Waals surface area contributed by atoms with Crippen LogP contribution >= 0.6 is 0 Å². The van der Waals surface area contributed by atoms with Crippen LogP contribution in [-0.2, 0) is 28.7 Å².